The Morgan fingerprint density at radius 3 is 2.40 bits per heavy atom. The molecule has 112 valence electrons. The second-order valence-electron chi connectivity index (χ2n) is 5.46. The molecular formula is C15H22BrClN2O. The Balaban J connectivity index is 2.43. The van der Waals surface area contributed by atoms with E-state index in [1.54, 1.807) is 7.11 Å². The van der Waals surface area contributed by atoms with Gasteiger partial charge in [-0.15, -0.1) is 0 Å². The number of methoxy groups -OCH3 is 1. The van der Waals surface area contributed by atoms with Crippen molar-refractivity contribution in [3.63, 3.8) is 0 Å². The molecule has 0 aromatic carbocycles. The van der Waals surface area contributed by atoms with Crippen LogP contribution in [0.5, 0.6) is 0 Å². The summed E-state index contributed by atoms with van der Waals surface area (Å²) in [6.07, 6.45) is 8.73. The van der Waals surface area contributed by atoms with E-state index in [0.29, 0.717) is 5.15 Å². The predicted molar refractivity (Wildman–Crippen MR) is 85.1 cm³/mol. The molecular weight excluding hydrogens is 340 g/mol. The largest absolute Gasteiger partial charge is 0.370 e. The molecule has 20 heavy (non-hydrogen) atoms. The van der Waals surface area contributed by atoms with E-state index in [-0.39, 0.29) is 5.60 Å². The van der Waals surface area contributed by atoms with Gasteiger partial charge in [-0.25, -0.2) is 9.97 Å². The van der Waals surface area contributed by atoms with E-state index in [1.807, 2.05) is 0 Å². The van der Waals surface area contributed by atoms with E-state index in [0.717, 1.165) is 54.5 Å². The van der Waals surface area contributed by atoms with Crippen molar-refractivity contribution in [1.82, 2.24) is 9.97 Å². The molecule has 1 heterocycles. The first-order chi connectivity index (χ1) is 9.63. The minimum Gasteiger partial charge on any atom is -0.370 e. The first-order valence-electron chi connectivity index (χ1n) is 7.40. The van der Waals surface area contributed by atoms with E-state index >= 15 is 0 Å². The summed E-state index contributed by atoms with van der Waals surface area (Å²) in [5.74, 6) is 0.763. The quantitative estimate of drug-likeness (QED) is 0.556. The average molecular weight is 362 g/mol. The summed E-state index contributed by atoms with van der Waals surface area (Å²) in [4.78, 5) is 9.27. The van der Waals surface area contributed by atoms with Crippen LogP contribution in [0.4, 0.5) is 0 Å². The van der Waals surface area contributed by atoms with Crippen molar-refractivity contribution in [2.75, 3.05) is 7.11 Å². The molecule has 0 radical (unpaired) electrons. The van der Waals surface area contributed by atoms with Crippen molar-refractivity contribution in [1.29, 1.82) is 0 Å². The minimum absolute atomic E-state index is 0.358. The molecule has 0 aliphatic heterocycles. The van der Waals surface area contributed by atoms with Crippen LogP contribution in [0.1, 0.15) is 63.4 Å². The minimum atomic E-state index is -0.358. The molecule has 1 fully saturated rings. The van der Waals surface area contributed by atoms with Crippen LogP contribution in [0.25, 0.3) is 0 Å². The zero-order valence-corrected chi connectivity index (χ0v) is 14.6. The summed E-state index contributed by atoms with van der Waals surface area (Å²) in [5.41, 5.74) is 0.631. The highest BCUT2D eigenvalue weighted by molar-refractivity contribution is 9.10. The molecule has 5 heteroatoms. The van der Waals surface area contributed by atoms with Gasteiger partial charge in [0.2, 0.25) is 0 Å². The van der Waals surface area contributed by atoms with E-state index < -0.39 is 0 Å². The van der Waals surface area contributed by atoms with Gasteiger partial charge >= 0.3 is 0 Å². The van der Waals surface area contributed by atoms with Crippen molar-refractivity contribution < 1.29 is 4.74 Å². The average Bonchev–Trinajstić information content (AvgIpc) is 2.70. The van der Waals surface area contributed by atoms with Crippen LogP contribution in [0.3, 0.4) is 0 Å². The lowest BCUT2D eigenvalue weighted by Crippen LogP contribution is -2.31. The molecule has 0 N–H and O–H groups in total. The molecule has 0 atom stereocenters. The van der Waals surface area contributed by atoms with Crippen LogP contribution in [0.15, 0.2) is 4.47 Å². The summed E-state index contributed by atoms with van der Waals surface area (Å²) in [6, 6.07) is 0. The third kappa shape index (κ3) is 3.34. The number of hydrogen-bond acceptors (Lipinski definition) is 3. The number of nitrogens with zero attached hydrogens (tertiary/aromatic N) is 2. The molecule has 0 amide bonds. The molecule has 1 saturated carbocycles. The number of aryl methyl sites for hydroxylation is 1. The zero-order valence-electron chi connectivity index (χ0n) is 12.2. The second-order valence-corrected chi connectivity index (χ2v) is 6.61. The number of halogens is 2. The van der Waals surface area contributed by atoms with E-state index in [4.69, 9.17) is 21.3 Å². The fraction of sp³-hybridized carbons (Fsp3) is 0.733. The van der Waals surface area contributed by atoms with E-state index in [1.165, 1.54) is 12.8 Å². The first-order valence-corrected chi connectivity index (χ1v) is 8.57. The summed E-state index contributed by atoms with van der Waals surface area (Å²) < 4.78 is 6.70. The highest BCUT2D eigenvalue weighted by atomic mass is 79.9. The molecule has 0 bridgehead atoms. The Morgan fingerprint density at radius 2 is 1.85 bits per heavy atom. The molecule has 1 aromatic rings. The van der Waals surface area contributed by atoms with Crippen LogP contribution >= 0.6 is 27.5 Å². The Kier molecular flexibility index (Phi) is 5.82. The zero-order chi connectivity index (χ0) is 14.6. The monoisotopic (exact) mass is 360 g/mol. The Morgan fingerprint density at radius 1 is 1.20 bits per heavy atom. The van der Waals surface area contributed by atoms with Gasteiger partial charge in [-0.2, -0.15) is 0 Å². The summed E-state index contributed by atoms with van der Waals surface area (Å²) in [5, 5.41) is 0.499. The van der Waals surface area contributed by atoms with Crippen LogP contribution in [-0.2, 0) is 16.8 Å². The van der Waals surface area contributed by atoms with Gasteiger partial charge < -0.3 is 4.74 Å². The number of hydrogen-bond donors (Lipinski definition) is 0. The van der Waals surface area contributed by atoms with Gasteiger partial charge in [0.25, 0.3) is 0 Å². The van der Waals surface area contributed by atoms with Crippen molar-refractivity contribution >= 4 is 27.5 Å². The lowest BCUT2D eigenvalue weighted by molar-refractivity contribution is -0.0353. The SMILES string of the molecule is CCCc1nc(C2(OC)CCCCCC2)nc(Cl)c1Br. The van der Waals surface area contributed by atoms with Crippen LogP contribution in [-0.4, -0.2) is 17.1 Å². The van der Waals surface area contributed by atoms with Crippen LogP contribution < -0.4 is 0 Å². The molecule has 2 rings (SSSR count). The molecule has 1 aromatic heterocycles. The molecule has 0 saturated heterocycles. The fourth-order valence-corrected chi connectivity index (χ4v) is 3.45. The normalized spacial score (nSPS) is 18.8. The molecule has 3 nitrogen and oxygen atoms in total. The fourth-order valence-electron chi connectivity index (χ4n) is 2.89. The topological polar surface area (TPSA) is 35.0 Å². The summed E-state index contributed by atoms with van der Waals surface area (Å²) in [7, 11) is 1.77. The number of aromatic nitrogens is 2. The van der Waals surface area contributed by atoms with Crippen molar-refractivity contribution in [3.05, 3.63) is 21.1 Å². The Bertz CT molecular complexity index is 459. The number of rotatable bonds is 4. The summed E-state index contributed by atoms with van der Waals surface area (Å²) in [6.45, 7) is 2.14. The van der Waals surface area contributed by atoms with Gasteiger partial charge in [0.1, 0.15) is 10.8 Å². The standard InChI is InChI=1S/C15H22BrClN2O/c1-3-8-11-12(16)13(17)19-14(18-11)15(20-2)9-6-4-5-7-10-15/h3-10H2,1-2H3. The third-order valence-electron chi connectivity index (χ3n) is 4.08. The Hall–Kier alpha value is -0.190. The molecule has 0 spiro atoms. The molecule has 1 aliphatic carbocycles. The van der Waals surface area contributed by atoms with Crippen molar-refractivity contribution in [2.24, 2.45) is 0 Å². The smallest absolute Gasteiger partial charge is 0.162 e. The Labute approximate surface area is 134 Å². The number of ether oxygens (including phenoxy) is 1. The lowest BCUT2D eigenvalue weighted by atomic mass is 9.93. The van der Waals surface area contributed by atoms with Crippen molar-refractivity contribution in [2.45, 2.75) is 63.9 Å². The van der Waals surface area contributed by atoms with Gasteiger partial charge in [0, 0.05) is 7.11 Å². The lowest BCUT2D eigenvalue weighted by Gasteiger charge is -2.30. The predicted octanol–water partition coefficient (Wildman–Crippen LogP) is 5.04. The van der Waals surface area contributed by atoms with Crippen LogP contribution in [0, 0.1) is 0 Å². The van der Waals surface area contributed by atoms with Crippen LogP contribution in [0.2, 0.25) is 5.15 Å². The summed E-state index contributed by atoms with van der Waals surface area (Å²) >= 11 is 9.78. The van der Waals surface area contributed by atoms with Gasteiger partial charge in [-0.1, -0.05) is 50.6 Å². The first kappa shape index (κ1) is 16.2. The maximum Gasteiger partial charge on any atom is 0.162 e. The van der Waals surface area contributed by atoms with Gasteiger partial charge in [-0.05, 0) is 35.2 Å². The second kappa shape index (κ2) is 7.19. The molecule has 1 aliphatic rings. The van der Waals surface area contributed by atoms with Gasteiger partial charge in [0.15, 0.2) is 5.82 Å². The molecule has 0 unspecified atom stereocenters. The van der Waals surface area contributed by atoms with Crippen molar-refractivity contribution in [3.8, 4) is 0 Å². The van der Waals surface area contributed by atoms with E-state index in [9.17, 15) is 0 Å². The van der Waals surface area contributed by atoms with E-state index in [2.05, 4.69) is 27.8 Å². The highest BCUT2D eigenvalue weighted by Gasteiger charge is 2.36. The third-order valence-corrected chi connectivity index (χ3v) is 5.41. The van der Waals surface area contributed by atoms with Gasteiger partial charge in [0.05, 0.1) is 10.2 Å². The van der Waals surface area contributed by atoms with Gasteiger partial charge in [-0.3, -0.25) is 0 Å². The highest BCUT2D eigenvalue weighted by Crippen LogP contribution is 2.39. The maximum atomic E-state index is 6.28. The maximum absolute atomic E-state index is 6.28.